The molecule has 2 rings (SSSR count). The first-order valence-electron chi connectivity index (χ1n) is 4.22. The molecule has 4 nitrogen and oxygen atoms in total. The smallest absolute Gasteiger partial charge is 0.276 e. The molecule has 0 aliphatic carbocycles. The van der Waals surface area contributed by atoms with Crippen molar-refractivity contribution in [1.82, 2.24) is 15.1 Å². The van der Waals surface area contributed by atoms with Crippen LogP contribution < -0.4 is 0 Å². The lowest BCUT2D eigenvalue weighted by Gasteiger charge is -1.99. The van der Waals surface area contributed by atoms with Crippen molar-refractivity contribution in [3.8, 4) is 11.6 Å². The predicted octanol–water partition coefficient (Wildman–Crippen LogP) is 2.82. The first kappa shape index (κ1) is 10.4. The summed E-state index contributed by atoms with van der Waals surface area (Å²) in [4.78, 5) is 9.18. The van der Waals surface area contributed by atoms with Gasteiger partial charge in [-0.1, -0.05) is 16.8 Å². The predicted molar refractivity (Wildman–Crippen MR) is 59.1 cm³/mol. The van der Waals surface area contributed by atoms with Crippen LogP contribution in [-0.2, 0) is 0 Å². The second-order valence-corrected chi connectivity index (χ2v) is 4.04. The topological polar surface area (TPSA) is 51.8 Å². The first-order valence-corrected chi connectivity index (χ1v) is 5.82. The van der Waals surface area contributed by atoms with E-state index in [1.165, 1.54) is 0 Å². The molecule has 0 aliphatic rings. The molecule has 0 fully saturated rings. The molecule has 0 spiro atoms. The molecular formula is C9H8ClN3OS. The van der Waals surface area contributed by atoms with Gasteiger partial charge in [-0.15, -0.1) is 11.8 Å². The monoisotopic (exact) mass is 241 g/mol. The SMILES string of the molecule is CSc1ccc(-c2nc(C)no2)nc1Cl. The maximum atomic E-state index is 5.96. The molecule has 0 bridgehead atoms. The largest absolute Gasteiger partial charge is 0.332 e. The Morgan fingerprint density at radius 1 is 1.33 bits per heavy atom. The highest BCUT2D eigenvalue weighted by Gasteiger charge is 2.10. The van der Waals surface area contributed by atoms with E-state index in [-0.39, 0.29) is 0 Å². The van der Waals surface area contributed by atoms with Gasteiger partial charge in [0, 0.05) is 4.90 Å². The quantitative estimate of drug-likeness (QED) is 0.598. The summed E-state index contributed by atoms with van der Waals surface area (Å²) in [5.41, 5.74) is 0.596. The van der Waals surface area contributed by atoms with Gasteiger partial charge < -0.3 is 4.52 Å². The van der Waals surface area contributed by atoms with Crippen LogP contribution in [0.4, 0.5) is 0 Å². The third-order valence-electron chi connectivity index (χ3n) is 1.78. The van der Waals surface area contributed by atoms with Crippen molar-refractivity contribution >= 4 is 23.4 Å². The van der Waals surface area contributed by atoms with Crippen molar-refractivity contribution in [2.24, 2.45) is 0 Å². The van der Waals surface area contributed by atoms with Gasteiger partial charge in [-0.3, -0.25) is 0 Å². The van der Waals surface area contributed by atoms with Gasteiger partial charge in [-0.2, -0.15) is 4.98 Å². The number of thioether (sulfide) groups is 1. The Balaban J connectivity index is 2.42. The van der Waals surface area contributed by atoms with Gasteiger partial charge in [0.15, 0.2) is 5.82 Å². The number of rotatable bonds is 2. The van der Waals surface area contributed by atoms with E-state index in [4.69, 9.17) is 16.1 Å². The Kier molecular flexibility index (Phi) is 2.93. The second kappa shape index (κ2) is 4.20. The van der Waals surface area contributed by atoms with E-state index >= 15 is 0 Å². The zero-order valence-electron chi connectivity index (χ0n) is 8.19. The van der Waals surface area contributed by atoms with Gasteiger partial charge >= 0.3 is 0 Å². The minimum atomic E-state index is 0.391. The number of hydrogen-bond donors (Lipinski definition) is 0. The highest BCUT2D eigenvalue weighted by molar-refractivity contribution is 7.98. The number of aromatic nitrogens is 3. The minimum Gasteiger partial charge on any atom is -0.332 e. The van der Waals surface area contributed by atoms with E-state index in [2.05, 4.69) is 15.1 Å². The zero-order chi connectivity index (χ0) is 10.8. The molecule has 2 heterocycles. The summed E-state index contributed by atoms with van der Waals surface area (Å²) in [5, 5.41) is 4.15. The third kappa shape index (κ3) is 2.13. The van der Waals surface area contributed by atoms with Gasteiger partial charge in [0.25, 0.3) is 5.89 Å². The molecule has 0 atom stereocenters. The Labute approximate surface area is 96.0 Å². The first-order chi connectivity index (χ1) is 7.20. The summed E-state index contributed by atoms with van der Waals surface area (Å²) in [6.07, 6.45) is 1.94. The molecule has 0 aromatic carbocycles. The number of nitrogens with zero attached hydrogens (tertiary/aromatic N) is 3. The van der Waals surface area contributed by atoms with E-state index in [0.717, 1.165) is 4.90 Å². The van der Waals surface area contributed by atoms with E-state index < -0.39 is 0 Å². The lowest BCUT2D eigenvalue weighted by atomic mass is 10.3. The van der Waals surface area contributed by atoms with Crippen LogP contribution in [0.15, 0.2) is 21.6 Å². The van der Waals surface area contributed by atoms with E-state index in [9.17, 15) is 0 Å². The van der Waals surface area contributed by atoms with E-state index in [0.29, 0.717) is 22.6 Å². The fraction of sp³-hybridized carbons (Fsp3) is 0.222. The van der Waals surface area contributed by atoms with Crippen LogP contribution in [0.25, 0.3) is 11.6 Å². The van der Waals surface area contributed by atoms with Crippen LogP contribution in [0.2, 0.25) is 5.15 Å². The minimum absolute atomic E-state index is 0.391. The lowest BCUT2D eigenvalue weighted by molar-refractivity contribution is 0.424. The van der Waals surface area contributed by atoms with E-state index in [1.807, 2.05) is 18.4 Å². The highest BCUT2D eigenvalue weighted by atomic mass is 35.5. The fourth-order valence-corrected chi connectivity index (χ4v) is 1.90. The number of halogens is 1. The van der Waals surface area contributed by atoms with Gasteiger partial charge in [0.05, 0.1) is 0 Å². The number of pyridine rings is 1. The number of hydrogen-bond acceptors (Lipinski definition) is 5. The molecule has 2 aromatic heterocycles. The third-order valence-corrected chi connectivity index (χ3v) is 2.95. The molecule has 0 amide bonds. The van der Waals surface area contributed by atoms with Crippen LogP contribution in [0.1, 0.15) is 5.82 Å². The fourth-order valence-electron chi connectivity index (χ4n) is 1.09. The molecule has 0 saturated heterocycles. The standard InChI is InChI=1S/C9H8ClN3OS/c1-5-11-9(14-13-5)6-3-4-7(15-2)8(10)12-6/h3-4H,1-2H3. The molecule has 0 saturated carbocycles. The van der Waals surface area contributed by atoms with Crippen molar-refractivity contribution in [2.45, 2.75) is 11.8 Å². The summed E-state index contributed by atoms with van der Waals surface area (Å²) in [5.74, 6) is 0.971. The van der Waals surface area contributed by atoms with Crippen molar-refractivity contribution in [1.29, 1.82) is 0 Å². The van der Waals surface area contributed by atoms with Crippen LogP contribution in [0.5, 0.6) is 0 Å². The van der Waals surface area contributed by atoms with Crippen molar-refractivity contribution in [2.75, 3.05) is 6.26 Å². The molecule has 6 heteroatoms. The molecular weight excluding hydrogens is 234 g/mol. The second-order valence-electron chi connectivity index (χ2n) is 2.84. The van der Waals surface area contributed by atoms with Gasteiger partial charge in [0.1, 0.15) is 10.8 Å². The van der Waals surface area contributed by atoms with Crippen LogP contribution >= 0.6 is 23.4 Å². The Morgan fingerprint density at radius 2 is 2.13 bits per heavy atom. The molecule has 0 unspecified atom stereocenters. The summed E-state index contributed by atoms with van der Waals surface area (Å²) < 4.78 is 4.99. The molecule has 0 radical (unpaired) electrons. The molecule has 2 aromatic rings. The molecule has 15 heavy (non-hydrogen) atoms. The van der Waals surface area contributed by atoms with Gasteiger partial charge in [0.2, 0.25) is 0 Å². The Hall–Kier alpha value is -1.07. The van der Waals surface area contributed by atoms with Gasteiger partial charge in [-0.25, -0.2) is 4.98 Å². The van der Waals surface area contributed by atoms with Crippen molar-refractivity contribution in [3.63, 3.8) is 0 Å². The van der Waals surface area contributed by atoms with E-state index in [1.54, 1.807) is 18.7 Å². The lowest BCUT2D eigenvalue weighted by Crippen LogP contribution is -1.86. The average Bonchev–Trinajstić information content (AvgIpc) is 2.65. The number of aryl methyl sites for hydroxylation is 1. The maximum Gasteiger partial charge on any atom is 0.276 e. The Morgan fingerprint density at radius 3 is 2.67 bits per heavy atom. The Bertz CT molecular complexity index is 486. The summed E-state index contributed by atoms with van der Waals surface area (Å²) in [7, 11) is 0. The molecule has 0 N–H and O–H groups in total. The van der Waals surface area contributed by atoms with Crippen molar-refractivity contribution < 1.29 is 4.52 Å². The highest BCUT2D eigenvalue weighted by Crippen LogP contribution is 2.26. The summed E-state index contributed by atoms with van der Waals surface area (Å²) in [6.45, 7) is 1.75. The summed E-state index contributed by atoms with van der Waals surface area (Å²) >= 11 is 7.51. The average molecular weight is 242 g/mol. The normalized spacial score (nSPS) is 10.6. The van der Waals surface area contributed by atoms with Crippen LogP contribution in [0, 0.1) is 6.92 Å². The van der Waals surface area contributed by atoms with Crippen LogP contribution in [0.3, 0.4) is 0 Å². The molecule has 78 valence electrons. The van der Waals surface area contributed by atoms with Crippen LogP contribution in [-0.4, -0.2) is 21.4 Å². The van der Waals surface area contributed by atoms with Gasteiger partial charge in [-0.05, 0) is 25.3 Å². The maximum absolute atomic E-state index is 5.96. The van der Waals surface area contributed by atoms with Crippen molar-refractivity contribution in [3.05, 3.63) is 23.1 Å². The molecule has 0 aliphatic heterocycles. The summed E-state index contributed by atoms with van der Waals surface area (Å²) in [6, 6.07) is 3.69. The zero-order valence-corrected chi connectivity index (χ0v) is 9.76.